The van der Waals surface area contributed by atoms with E-state index in [1.54, 1.807) is 12.1 Å². The zero-order valence-electron chi connectivity index (χ0n) is 9.09. The van der Waals surface area contributed by atoms with Gasteiger partial charge in [-0.15, -0.1) is 0 Å². The van der Waals surface area contributed by atoms with Crippen LogP contribution in [0.5, 0.6) is 0 Å². The Morgan fingerprint density at radius 2 is 1.94 bits per heavy atom. The number of alkyl halides is 2. The summed E-state index contributed by atoms with van der Waals surface area (Å²) in [7, 11) is 0. The molecule has 0 N–H and O–H groups in total. The van der Waals surface area contributed by atoms with Gasteiger partial charge in [0.25, 0.3) is 5.92 Å². The van der Waals surface area contributed by atoms with E-state index in [2.05, 4.69) is 22.0 Å². The van der Waals surface area contributed by atoms with Crippen LogP contribution in [0.4, 0.5) is 14.5 Å². The van der Waals surface area contributed by atoms with Crippen LogP contribution in [0, 0.1) is 11.3 Å². The van der Waals surface area contributed by atoms with Crippen molar-refractivity contribution in [3.05, 3.63) is 28.2 Å². The van der Waals surface area contributed by atoms with Crippen molar-refractivity contribution in [2.75, 3.05) is 18.0 Å². The second kappa shape index (κ2) is 4.61. The molecule has 5 heteroatoms. The molecule has 2 nitrogen and oxygen atoms in total. The number of benzene rings is 1. The third-order valence-electron chi connectivity index (χ3n) is 2.93. The molecule has 90 valence electrons. The van der Waals surface area contributed by atoms with E-state index in [-0.39, 0.29) is 12.8 Å². The molecule has 0 bridgehead atoms. The lowest BCUT2D eigenvalue weighted by Gasteiger charge is -2.33. The second-order valence-electron chi connectivity index (χ2n) is 4.12. The highest BCUT2D eigenvalue weighted by Crippen LogP contribution is 2.31. The standard InChI is InChI=1S/C12H11BrF2N2/c13-11-2-1-10(7-9(11)8-16)17-5-3-12(14,15)4-6-17/h1-2,7H,3-6H2. The Balaban J connectivity index is 2.17. The van der Waals surface area contributed by atoms with Crippen molar-refractivity contribution in [3.63, 3.8) is 0 Å². The molecular formula is C12H11BrF2N2. The molecule has 17 heavy (non-hydrogen) atoms. The number of hydrogen-bond acceptors (Lipinski definition) is 2. The van der Waals surface area contributed by atoms with Gasteiger partial charge in [-0.3, -0.25) is 0 Å². The normalized spacial score (nSPS) is 18.8. The van der Waals surface area contributed by atoms with E-state index >= 15 is 0 Å². The highest BCUT2D eigenvalue weighted by molar-refractivity contribution is 9.10. The Kier molecular flexibility index (Phi) is 3.34. The first-order chi connectivity index (χ1) is 8.02. The predicted molar refractivity (Wildman–Crippen MR) is 65.3 cm³/mol. The highest BCUT2D eigenvalue weighted by atomic mass is 79.9. The molecule has 0 saturated carbocycles. The first kappa shape index (κ1) is 12.3. The van der Waals surface area contributed by atoms with Crippen molar-refractivity contribution in [2.45, 2.75) is 18.8 Å². The summed E-state index contributed by atoms with van der Waals surface area (Å²) in [6.07, 6.45) is -0.240. The largest absolute Gasteiger partial charge is 0.371 e. The minimum atomic E-state index is -2.54. The van der Waals surface area contributed by atoms with Crippen LogP contribution in [0.2, 0.25) is 0 Å². The summed E-state index contributed by atoms with van der Waals surface area (Å²) < 4.78 is 26.8. The molecule has 2 rings (SSSR count). The molecule has 1 aliphatic heterocycles. The Hall–Kier alpha value is -1.15. The number of piperidine rings is 1. The first-order valence-corrected chi connectivity index (χ1v) is 6.13. The van der Waals surface area contributed by atoms with Crippen LogP contribution in [0.25, 0.3) is 0 Å². The van der Waals surface area contributed by atoms with Gasteiger partial charge >= 0.3 is 0 Å². The third-order valence-corrected chi connectivity index (χ3v) is 3.62. The fourth-order valence-corrected chi connectivity index (χ4v) is 2.22. The van der Waals surface area contributed by atoms with Gasteiger partial charge in [0.1, 0.15) is 6.07 Å². The monoisotopic (exact) mass is 300 g/mol. The zero-order chi connectivity index (χ0) is 12.5. The van der Waals surface area contributed by atoms with Gasteiger partial charge in [-0.05, 0) is 34.1 Å². The average Bonchev–Trinajstić information content (AvgIpc) is 2.30. The zero-order valence-corrected chi connectivity index (χ0v) is 10.7. The van der Waals surface area contributed by atoms with E-state index in [1.165, 1.54) is 0 Å². The van der Waals surface area contributed by atoms with Crippen LogP contribution in [0.1, 0.15) is 18.4 Å². The highest BCUT2D eigenvalue weighted by Gasteiger charge is 2.34. The summed E-state index contributed by atoms with van der Waals surface area (Å²) in [6.45, 7) is 0.666. The molecule has 1 aliphatic rings. The summed E-state index contributed by atoms with van der Waals surface area (Å²) >= 11 is 3.27. The van der Waals surface area contributed by atoms with Crippen LogP contribution >= 0.6 is 15.9 Å². The Bertz CT molecular complexity index is 458. The van der Waals surface area contributed by atoms with E-state index in [4.69, 9.17) is 5.26 Å². The maximum absolute atomic E-state index is 13.0. The molecule has 0 aliphatic carbocycles. The van der Waals surface area contributed by atoms with Gasteiger partial charge < -0.3 is 4.90 Å². The van der Waals surface area contributed by atoms with E-state index < -0.39 is 5.92 Å². The number of halogens is 3. The maximum Gasteiger partial charge on any atom is 0.251 e. The van der Waals surface area contributed by atoms with Gasteiger partial charge in [0, 0.05) is 36.1 Å². The van der Waals surface area contributed by atoms with Crippen molar-refractivity contribution in [1.82, 2.24) is 0 Å². The smallest absolute Gasteiger partial charge is 0.251 e. The van der Waals surface area contributed by atoms with Crippen molar-refractivity contribution in [1.29, 1.82) is 5.26 Å². The Morgan fingerprint density at radius 3 is 2.53 bits per heavy atom. The van der Waals surface area contributed by atoms with Gasteiger partial charge in [0.2, 0.25) is 0 Å². The van der Waals surface area contributed by atoms with Crippen LogP contribution in [0.15, 0.2) is 22.7 Å². The minimum absolute atomic E-state index is 0.120. The number of nitriles is 1. The molecule has 1 aromatic carbocycles. The van der Waals surface area contributed by atoms with E-state index in [1.807, 2.05) is 11.0 Å². The van der Waals surface area contributed by atoms with Crippen LogP contribution in [-0.2, 0) is 0 Å². The number of hydrogen-bond donors (Lipinski definition) is 0. The summed E-state index contributed by atoms with van der Waals surface area (Å²) in [5, 5.41) is 8.91. The second-order valence-corrected chi connectivity index (χ2v) is 4.97. The summed E-state index contributed by atoms with van der Waals surface area (Å²) in [5.41, 5.74) is 1.36. The van der Waals surface area contributed by atoms with Crippen molar-refractivity contribution in [2.24, 2.45) is 0 Å². The van der Waals surface area contributed by atoms with Gasteiger partial charge in [0.05, 0.1) is 5.56 Å². The number of anilines is 1. The molecule has 1 fully saturated rings. The maximum atomic E-state index is 13.0. The molecule has 1 heterocycles. The quantitative estimate of drug-likeness (QED) is 0.793. The summed E-state index contributed by atoms with van der Waals surface area (Å²) in [5.74, 6) is -2.54. The molecule has 0 radical (unpaired) electrons. The Morgan fingerprint density at radius 1 is 1.29 bits per heavy atom. The van der Waals surface area contributed by atoms with Crippen molar-refractivity contribution < 1.29 is 8.78 Å². The van der Waals surface area contributed by atoms with E-state index in [0.717, 1.165) is 10.2 Å². The Labute approximate surface area is 107 Å². The minimum Gasteiger partial charge on any atom is -0.371 e. The fraction of sp³-hybridized carbons (Fsp3) is 0.417. The third kappa shape index (κ3) is 2.75. The summed E-state index contributed by atoms with van der Waals surface area (Å²) in [6, 6.07) is 7.42. The molecule has 0 aromatic heterocycles. The first-order valence-electron chi connectivity index (χ1n) is 5.34. The molecule has 0 atom stereocenters. The van der Waals surface area contributed by atoms with Crippen LogP contribution < -0.4 is 4.90 Å². The number of rotatable bonds is 1. The lowest BCUT2D eigenvalue weighted by atomic mass is 10.1. The van der Waals surface area contributed by atoms with Crippen molar-refractivity contribution in [3.8, 4) is 6.07 Å². The molecule has 0 spiro atoms. The van der Waals surface area contributed by atoms with E-state index in [9.17, 15) is 8.78 Å². The van der Waals surface area contributed by atoms with E-state index in [0.29, 0.717) is 18.7 Å². The lowest BCUT2D eigenvalue weighted by molar-refractivity contribution is -0.0220. The van der Waals surface area contributed by atoms with Gasteiger partial charge in [0.15, 0.2) is 0 Å². The van der Waals surface area contributed by atoms with Gasteiger partial charge in [-0.2, -0.15) is 5.26 Å². The predicted octanol–water partition coefficient (Wildman–Crippen LogP) is 3.56. The lowest BCUT2D eigenvalue weighted by Crippen LogP contribution is -2.39. The van der Waals surface area contributed by atoms with Crippen molar-refractivity contribution >= 4 is 21.6 Å². The number of nitrogens with zero attached hydrogens (tertiary/aromatic N) is 2. The molecule has 1 saturated heterocycles. The van der Waals surface area contributed by atoms with Crippen LogP contribution in [0.3, 0.4) is 0 Å². The molecule has 1 aromatic rings. The van der Waals surface area contributed by atoms with Gasteiger partial charge in [-0.1, -0.05) is 0 Å². The summed E-state index contributed by atoms with van der Waals surface area (Å²) in [4.78, 5) is 1.89. The van der Waals surface area contributed by atoms with Gasteiger partial charge in [-0.25, -0.2) is 8.78 Å². The topological polar surface area (TPSA) is 27.0 Å². The molecule has 0 unspecified atom stereocenters. The average molecular weight is 301 g/mol. The fourth-order valence-electron chi connectivity index (χ4n) is 1.89. The molecular weight excluding hydrogens is 290 g/mol. The SMILES string of the molecule is N#Cc1cc(N2CCC(F)(F)CC2)ccc1Br. The molecule has 0 amide bonds. The van der Waals surface area contributed by atoms with Crippen LogP contribution in [-0.4, -0.2) is 19.0 Å².